The number of sulfone groups is 1. The van der Waals surface area contributed by atoms with E-state index in [1.54, 1.807) is 24.3 Å². The quantitative estimate of drug-likeness (QED) is 0.804. The number of hydrogen-bond acceptors (Lipinski definition) is 6. The van der Waals surface area contributed by atoms with Gasteiger partial charge in [-0.2, -0.15) is 0 Å². The summed E-state index contributed by atoms with van der Waals surface area (Å²) < 4.78 is 55.7. The lowest BCUT2D eigenvalue weighted by Gasteiger charge is -2.34. The van der Waals surface area contributed by atoms with Crippen LogP contribution in [0.2, 0.25) is 0 Å². The van der Waals surface area contributed by atoms with Crippen LogP contribution in [0.1, 0.15) is 0 Å². The SMILES string of the molecule is CS(=O)(=O)c1ccc(S(=O)(=O)N2C[C@H](C(N)=O)Oc3ccccc32)cc1. The lowest BCUT2D eigenvalue weighted by molar-refractivity contribution is -0.124. The number of carbonyl (C=O) groups is 1. The summed E-state index contributed by atoms with van der Waals surface area (Å²) in [6.45, 7) is -0.275. The Morgan fingerprint density at radius 3 is 2.19 bits per heavy atom. The Labute approximate surface area is 151 Å². The Hall–Kier alpha value is -2.59. The van der Waals surface area contributed by atoms with E-state index in [4.69, 9.17) is 10.5 Å². The van der Waals surface area contributed by atoms with Gasteiger partial charge in [-0.15, -0.1) is 0 Å². The molecule has 0 aliphatic carbocycles. The number of sulfonamides is 1. The molecule has 8 nitrogen and oxygen atoms in total. The molecule has 0 spiro atoms. The summed E-state index contributed by atoms with van der Waals surface area (Å²) in [7, 11) is -7.50. The second kappa shape index (κ2) is 6.29. The van der Waals surface area contributed by atoms with Crippen molar-refractivity contribution in [2.45, 2.75) is 15.9 Å². The maximum absolute atomic E-state index is 13.0. The van der Waals surface area contributed by atoms with E-state index >= 15 is 0 Å². The Kier molecular flexibility index (Phi) is 4.41. The van der Waals surface area contributed by atoms with Gasteiger partial charge in [0.15, 0.2) is 15.9 Å². The number of rotatable bonds is 4. The Morgan fingerprint density at radius 1 is 1.04 bits per heavy atom. The lowest BCUT2D eigenvalue weighted by atomic mass is 10.2. The van der Waals surface area contributed by atoms with Gasteiger partial charge in [0.25, 0.3) is 15.9 Å². The van der Waals surface area contributed by atoms with Gasteiger partial charge in [-0.25, -0.2) is 16.8 Å². The van der Waals surface area contributed by atoms with Crippen LogP contribution in [0.25, 0.3) is 0 Å². The highest BCUT2D eigenvalue weighted by molar-refractivity contribution is 7.93. The molecule has 2 aromatic rings. The molecule has 0 radical (unpaired) electrons. The Bertz CT molecular complexity index is 1060. The first kappa shape index (κ1) is 18.2. The molecule has 1 aliphatic rings. The molecule has 0 fully saturated rings. The average molecular weight is 396 g/mol. The molecule has 26 heavy (non-hydrogen) atoms. The molecule has 1 atom stereocenters. The van der Waals surface area contributed by atoms with Gasteiger partial charge in [0.2, 0.25) is 0 Å². The fraction of sp³-hybridized carbons (Fsp3) is 0.188. The van der Waals surface area contributed by atoms with Crippen molar-refractivity contribution >= 4 is 31.5 Å². The van der Waals surface area contributed by atoms with Gasteiger partial charge in [0.05, 0.1) is 22.0 Å². The third-order valence-electron chi connectivity index (χ3n) is 3.89. The molecule has 0 saturated carbocycles. The van der Waals surface area contributed by atoms with Crippen molar-refractivity contribution in [2.24, 2.45) is 5.73 Å². The summed E-state index contributed by atoms with van der Waals surface area (Å²) in [5, 5.41) is 0. The normalized spacial score (nSPS) is 17.3. The predicted molar refractivity (Wildman–Crippen MR) is 94.1 cm³/mol. The van der Waals surface area contributed by atoms with Crippen LogP contribution in [0.5, 0.6) is 5.75 Å². The third kappa shape index (κ3) is 3.25. The van der Waals surface area contributed by atoms with Crippen molar-refractivity contribution in [3.63, 3.8) is 0 Å². The number of amides is 1. The molecule has 2 aromatic carbocycles. The minimum Gasteiger partial charge on any atom is -0.476 e. The minimum atomic E-state index is -4.05. The average Bonchev–Trinajstić information content (AvgIpc) is 2.60. The van der Waals surface area contributed by atoms with E-state index in [0.29, 0.717) is 0 Å². The number of ether oxygens (including phenoxy) is 1. The molecule has 1 heterocycles. The highest BCUT2D eigenvalue weighted by Gasteiger charge is 2.36. The molecular formula is C16H16N2O6S2. The fourth-order valence-corrected chi connectivity index (χ4v) is 4.67. The molecule has 0 unspecified atom stereocenters. The zero-order chi connectivity index (χ0) is 19.1. The largest absolute Gasteiger partial charge is 0.476 e. The molecule has 10 heteroatoms. The lowest BCUT2D eigenvalue weighted by Crippen LogP contribution is -2.49. The zero-order valence-electron chi connectivity index (χ0n) is 13.7. The van der Waals surface area contributed by atoms with Gasteiger partial charge in [-0.3, -0.25) is 9.10 Å². The molecule has 2 N–H and O–H groups in total. The van der Waals surface area contributed by atoms with Crippen molar-refractivity contribution in [2.75, 3.05) is 17.1 Å². The summed E-state index contributed by atoms with van der Waals surface area (Å²) in [4.78, 5) is 11.4. The van der Waals surface area contributed by atoms with Crippen molar-refractivity contribution in [1.82, 2.24) is 0 Å². The van der Waals surface area contributed by atoms with E-state index in [-0.39, 0.29) is 27.8 Å². The summed E-state index contributed by atoms with van der Waals surface area (Å²) in [6.07, 6.45) is -0.0957. The monoisotopic (exact) mass is 396 g/mol. The van der Waals surface area contributed by atoms with E-state index in [1.807, 2.05) is 0 Å². The van der Waals surface area contributed by atoms with Gasteiger partial charge < -0.3 is 10.5 Å². The van der Waals surface area contributed by atoms with Crippen molar-refractivity contribution < 1.29 is 26.4 Å². The highest BCUT2D eigenvalue weighted by atomic mass is 32.2. The molecule has 0 saturated heterocycles. The Morgan fingerprint density at radius 2 is 1.62 bits per heavy atom. The van der Waals surface area contributed by atoms with Crippen molar-refractivity contribution in [3.8, 4) is 5.75 Å². The number of fused-ring (bicyclic) bond motifs is 1. The molecule has 3 rings (SSSR count). The smallest absolute Gasteiger partial charge is 0.264 e. The summed E-state index contributed by atoms with van der Waals surface area (Å²) in [6, 6.07) is 11.2. The number of anilines is 1. The van der Waals surface area contributed by atoms with Gasteiger partial charge in [0, 0.05) is 6.26 Å². The van der Waals surface area contributed by atoms with Crippen LogP contribution >= 0.6 is 0 Å². The molecule has 0 bridgehead atoms. The number of primary amides is 1. The first-order valence-electron chi connectivity index (χ1n) is 7.48. The van der Waals surface area contributed by atoms with Gasteiger partial charge >= 0.3 is 0 Å². The Balaban J connectivity index is 2.07. The van der Waals surface area contributed by atoms with E-state index < -0.39 is 31.9 Å². The summed E-state index contributed by atoms with van der Waals surface area (Å²) >= 11 is 0. The van der Waals surface area contributed by atoms with Crippen molar-refractivity contribution in [1.29, 1.82) is 0 Å². The van der Waals surface area contributed by atoms with Gasteiger partial charge in [0.1, 0.15) is 5.75 Å². The zero-order valence-corrected chi connectivity index (χ0v) is 15.3. The highest BCUT2D eigenvalue weighted by Crippen LogP contribution is 2.36. The number of carbonyl (C=O) groups excluding carboxylic acids is 1. The second-order valence-electron chi connectivity index (χ2n) is 5.76. The van der Waals surface area contributed by atoms with E-state index in [2.05, 4.69) is 0 Å². The standard InChI is InChI=1S/C16H16N2O6S2/c1-25(20,21)11-6-8-12(9-7-11)26(22,23)18-10-15(16(17)19)24-14-5-3-2-4-13(14)18/h2-9,15H,10H2,1H3,(H2,17,19)/t15-/m1/s1. The third-order valence-corrected chi connectivity index (χ3v) is 6.81. The maximum atomic E-state index is 13.0. The predicted octanol–water partition coefficient (Wildman–Crippen LogP) is 0.532. The molecule has 1 amide bonds. The summed E-state index contributed by atoms with van der Waals surface area (Å²) in [5.41, 5.74) is 5.56. The summed E-state index contributed by atoms with van der Waals surface area (Å²) in [5.74, 6) is -0.564. The van der Waals surface area contributed by atoms with Crippen molar-refractivity contribution in [3.05, 3.63) is 48.5 Å². The van der Waals surface area contributed by atoms with Crippen LogP contribution in [0.4, 0.5) is 5.69 Å². The first-order valence-corrected chi connectivity index (χ1v) is 10.8. The topological polar surface area (TPSA) is 124 Å². The number of benzene rings is 2. The number of nitrogens with zero attached hydrogens (tertiary/aromatic N) is 1. The molecular weight excluding hydrogens is 380 g/mol. The number of hydrogen-bond donors (Lipinski definition) is 1. The molecule has 138 valence electrons. The van der Waals surface area contributed by atoms with Crippen LogP contribution < -0.4 is 14.8 Å². The van der Waals surface area contributed by atoms with E-state index in [1.165, 1.54) is 24.3 Å². The van der Waals surface area contributed by atoms with Crippen LogP contribution in [0.15, 0.2) is 58.3 Å². The van der Waals surface area contributed by atoms with Crippen LogP contribution in [-0.2, 0) is 24.7 Å². The second-order valence-corrected chi connectivity index (χ2v) is 9.63. The molecule has 0 aromatic heterocycles. The minimum absolute atomic E-state index is 0.00819. The van der Waals surface area contributed by atoms with Gasteiger partial charge in [-0.05, 0) is 36.4 Å². The van der Waals surface area contributed by atoms with Crippen LogP contribution in [0, 0.1) is 0 Å². The van der Waals surface area contributed by atoms with E-state index in [0.717, 1.165) is 10.6 Å². The van der Waals surface area contributed by atoms with Gasteiger partial charge in [-0.1, -0.05) is 12.1 Å². The first-order chi connectivity index (χ1) is 12.1. The van der Waals surface area contributed by atoms with Crippen LogP contribution in [0.3, 0.4) is 0 Å². The molecule has 1 aliphatic heterocycles. The van der Waals surface area contributed by atoms with Crippen LogP contribution in [-0.4, -0.2) is 41.6 Å². The van der Waals surface area contributed by atoms with E-state index in [9.17, 15) is 21.6 Å². The fourth-order valence-electron chi connectivity index (χ4n) is 2.56. The maximum Gasteiger partial charge on any atom is 0.264 e. The number of para-hydroxylation sites is 2. The number of nitrogens with two attached hydrogens (primary N) is 1.